The molecule has 0 unspecified atom stereocenters. The summed E-state index contributed by atoms with van der Waals surface area (Å²) in [5.74, 6) is 2.01. The van der Waals surface area contributed by atoms with Crippen LogP contribution in [-0.2, 0) is 7.05 Å². The molecule has 2 heterocycles. The third kappa shape index (κ3) is 3.30. The van der Waals surface area contributed by atoms with Gasteiger partial charge in [-0.1, -0.05) is 76.2 Å². The standard InChI is InChI=1S/C33H33N2O/c1-20(2)24-12-9-13-25(21(3)4)30(24)35-19-18-34(6)33(35)26-16-17-28-29-15-14-23-10-7-8-11-27(23)32(29)36-31(28)22(26)5/h7-21H,1-6H3/q+1. The van der Waals surface area contributed by atoms with E-state index in [4.69, 9.17) is 4.42 Å². The lowest BCUT2D eigenvalue weighted by Gasteiger charge is -2.18. The Hall–Kier alpha value is -3.85. The highest BCUT2D eigenvalue weighted by Gasteiger charge is 2.28. The fraction of sp³-hybridized carbons (Fsp3) is 0.242. The number of benzene rings is 4. The van der Waals surface area contributed by atoms with Crippen molar-refractivity contribution < 1.29 is 8.98 Å². The molecule has 3 heteroatoms. The van der Waals surface area contributed by atoms with Crippen LogP contribution in [0.15, 0.2) is 83.5 Å². The highest BCUT2D eigenvalue weighted by Crippen LogP contribution is 2.39. The third-order valence-electron chi connectivity index (χ3n) is 7.61. The van der Waals surface area contributed by atoms with E-state index in [-0.39, 0.29) is 0 Å². The van der Waals surface area contributed by atoms with Crippen molar-refractivity contribution in [1.29, 1.82) is 0 Å². The molecular formula is C33H33N2O+. The topological polar surface area (TPSA) is 21.9 Å². The number of hydrogen-bond donors (Lipinski definition) is 0. The van der Waals surface area contributed by atoms with Gasteiger partial charge in [-0.15, -0.1) is 0 Å². The Morgan fingerprint density at radius 3 is 2.11 bits per heavy atom. The number of rotatable bonds is 4. The molecule has 0 aliphatic carbocycles. The van der Waals surface area contributed by atoms with E-state index in [1.165, 1.54) is 38.5 Å². The van der Waals surface area contributed by atoms with Crippen molar-refractivity contribution in [2.75, 3.05) is 0 Å². The van der Waals surface area contributed by atoms with E-state index in [0.29, 0.717) is 11.8 Å². The van der Waals surface area contributed by atoms with E-state index in [1.807, 2.05) is 0 Å². The van der Waals surface area contributed by atoms with Crippen LogP contribution in [0, 0.1) is 6.92 Å². The van der Waals surface area contributed by atoms with Crippen LogP contribution in [0.25, 0.3) is 49.8 Å². The number of hydrogen-bond acceptors (Lipinski definition) is 1. The maximum Gasteiger partial charge on any atom is 0.294 e. The number of aryl methyl sites for hydroxylation is 2. The number of aromatic nitrogens is 2. The summed E-state index contributed by atoms with van der Waals surface area (Å²) in [6.45, 7) is 11.3. The first-order valence-corrected chi connectivity index (χ1v) is 12.9. The first-order chi connectivity index (χ1) is 17.4. The van der Waals surface area contributed by atoms with Crippen molar-refractivity contribution in [1.82, 2.24) is 4.57 Å². The summed E-state index contributed by atoms with van der Waals surface area (Å²) in [6, 6.07) is 24.1. The van der Waals surface area contributed by atoms with Crippen LogP contribution in [0.1, 0.15) is 56.2 Å². The first kappa shape index (κ1) is 22.6. The Morgan fingerprint density at radius 1 is 0.722 bits per heavy atom. The molecule has 0 aliphatic heterocycles. The molecule has 0 saturated carbocycles. The SMILES string of the molecule is Cc1c(-c2n(-c3c(C(C)C)cccc3C(C)C)cc[n+]2C)ccc2c1oc1c3ccccc3ccc21. The quantitative estimate of drug-likeness (QED) is 0.235. The van der Waals surface area contributed by atoms with Gasteiger partial charge in [-0.05, 0) is 42.3 Å². The normalized spacial score (nSPS) is 12.1. The molecule has 0 N–H and O–H groups in total. The van der Waals surface area contributed by atoms with Gasteiger partial charge in [-0.2, -0.15) is 4.57 Å². The molecule has 3 nitrogen and oxygen atoms in total. The smallest absolute Gasteiger partial charge is 0.294 e. The fourth-order valence-electron chi connectivity index (χ4n) is 5.71. The predicted molar refractivity (Wildman–Crippen MR) is 150 cm³/mol. The Kier molecular flexibility index (Phi) is 5.26. The Morgan fingerprint density at radius 2 is 1.39 bits per heavy atom. The molecule has 0 spiro atoms. The predicted octanol–water partition coefficient (Wildman–Crippen LogP) is 8.58. The summed E-state index contributed by atoms with van der Waals surface area (Å²) in [4.78, 5) is 0. The van der Waals surface area contributed by atoms with Crippen molar-refractivity contribution in [3.8, 4) is 17.1 Å². The molecule has 4 aromatic carbocycles. The lowest BCUT2D eigenvalue weighted by Crippen LogP contribution is -2.29. The van der Waals surface area contributed by atoms with E-state index in [2.05, 4.69) is 130 Å². The Bertz CT molecular complexity index is 1740. The molecule has 36 heavy (non-hydrogen) atoms. The first-order valence-electron chi connectivity index (χ1n) is 12.9. The minimum Gasteiger partial charge on any atom is -0.455 e. The van der Waals surface area contributed by atoms with Gasteiger partial charge in [0.2, 0.25) is 0 Å². The average molecular weight is 474 g/mol. The molecule has 6 aromatic rings. The molecule has 0 radical (unpaired) electrons. The largest absolute Gasteiger partial charge is 0.455 e. The van der Waals surface area contributed by atoms with Gasteiger partial charge in [0.05, 0.1) is 12.6 Å². The van der Waals surface area contributed by atoms with Crippen molar-refractivity contribution in [3.63, 3.8) is 0 Å². The van der Waals surface area contributed by atoms with E-state index in [1.54, 1.807) is 0 Å². The summed E-state index contributed by atoms with van der Waals surface area (Å²) in [5.41, 5.74) is 8.32. The Labute approximate surface area is 212 Å². The van der Waals surface area contributed by atoms with Gasteiger partial charge in [0.25, 0.3) is 5.82 Å². The van der Waals surface area contributed by atoms with Gasteiger partial charge < -0.3 is 4.42 Å². The maximum atomic E-state index is 6.63. The highest BCUT2D eigenvalue weighted by molar-refractivity contribution is 6.15. The molecular weight excluding hydrogens is 440 g/mol. The molecule has 6 rings (SSSR count). The molecule has 0 amide bonds. The number of fused-ring (bicyclic) bond motifs is 5. The minimum atomic E-state index is 0.423. The monoisotopic (exact) mass is 473 g/mol. The lowest BCUT2D eigenvalue weighted by molar-refractivity contribution is -0.659. The zero-order chi connectivity index (χ0) is 25.1. The van der Waals surface area contributed by atoms with Crippen LogP contribution >= 0.6 is 0 Å². The van der Waals surface area contributed by atoms with Crippen LogP contribution in [-0.4, -0.2) is 4.57 Å². The van der Waals surface area contributed by atoms with Crippen LogP contribution < -0.4 is 4.57 Å². The number of nitrogens with zero attached hydrogens (tertiary/aromatic N) is 2. The summed E-state index contributed by atoms with van der Waals surface area (Å²) < 4.78 is 11.2. The number of para-hydroxylation sites is 1. The van der Waals surface area contributed by atoms with E-state index < -0.39 is 0 Å². The van der Waals surface area contributed by atoms with Crippen LogP contribution in [0.2, 0.25) is 0 Å². The van der Waals surface area contributed by atoms with Crippen LogP contribution in [0.3, 0.4) is 0 Å². The molecule has 0 fully saturated rings. The molecule has 0 atom stereocenters. The molecule has 0 bridgehead atoms. The van der Waals surface area contributed by atoms with Gasteiger partial charge in [0.1, 0.15) is 29.2 Å². The molecule has 0 aliphatic rings. The van der Waals surface area contributed by atoms with Crippen LogP contribution in [0.5, 0.6) is 0 Å². The van der Waals surface area contributed by atoms with Crippen molar-refractivity contribution in [3.05, 3.63) is 95.8 Å². The number of furan rings is 1. The van der Waals surface area contributed by atoms with Crippen molar-refractivity contribution >= 4 is 32.7 Å². The van der Waals surface area contributed by atoms with Gasteiger partial charge in [0.15, 0.2) is 0 Å². The Balaban J connectivity index is 1.64. The van der Waals surface area contributed by atoms with Gasteiger partial charge in [-0.3, -0.25) is 0 Å². The van der Waals surface area contributed by atoms with E-state index in [9.17, 15) is 0 Å². The van der Waals surface area contributed by atoms with Gasteiger partial charge >= 0.3 is 0 Å². The summed E-state index contributed by atoms with van der Waals surface area (Å²) in [7, 11) is 2.13. The average Bonchev–Trinajstić information content (AvgIpc) is 3.45. The minimum absolute atomic E-state index is 0.423. The number of imidazole rings is 1. The van der Waals surface area contributed by atoms with E-state index >= 15 is 0 Å². The molecule has 0 saturated heterocycles. The zero-order valence-corrected chi connectivity index (χ0v) is 22.0. The zero-order valence-electron chi connectivity index (χ0n) is 22.0. The second kappa shape index (κ2) is 8.37. The van der Waals surface area contributed by atoms with Crippen LogP contribution in [0.4, 0.5) is 0 Å². The lowest BCUT2D eigenvalue weighted by atomic mass is 9.92. The molecule has 2 aromatic heterocycles. The second-order valence-corrected chi connectivity index (χ2v) is 10.6. The maximum absolute atomic E-state index is 6.63. The summed E-state index contributed by atoms with van der Waals surface area (Å²) in [6.07, 6.45) is 4.37. The van der Waals surface area contributed by atoms with Crippen molar-refractivity contribution in [2.24, 2.45) is 7.05 Å². The summed E-state index contributed by atoms with van der Waals surface area (Å²) in [5, 5.41) is 4.70. The van der Waals surface area contributed by atoms with Gasteiger partial charge in [0, 0.05) is 32.8 Å². The summed E-state index contributed by atoms with van der Waals surface area (Å²) >= 11 is 0. The second-order valence-electron chi connectivity index (χ2n) is 10.6. The third-order valence-corrected chi connectivity index (χ3v) is 7.61. The van der Waals surface area contributed by atoms with E-state index in [0.717, 1.165) is 27.9 Å². The molecule has 180 valence electrons. The highest BCUT2D eigenvalue weighted by atomic mass is 16.3. The van der Waals surface area contributed by atoms with Gasteiger partial charge in [-0.25, -0.2) is 4.57 Å². The van der Waals surface area contributed by atoms with Crippen molar-refractivity contribution in [2.45, 2.75) is 46.5 Å². The fourth-order valence-corrected chi connectivity index (χ4v) is 5.71.